The normalized spacial score (nSPS) is 10.4. The van der Waals surface area contributed by atoms with E-state index in [0.717, 1.165) is 6.07 Å². The fourth-order valence-corrected chi connectivity index (χ4v) is 1.97. The van der Waals surface area contributed by atoms with Crippen LogP contribution in [-0.4, -0.2) is 36.1 Å². The quantitative estimate of drug-likeness (QED) is 0.890. The van der Waals surface area contributed by atoms with Crippen LogP contribution < -0.4 is 4.74 Å². The summed E-state index contributed by atoms with van der Waals surface area (Å²) in [5.41, 5.74) is 0.704. The van der Waals surface area contributed by atoms with Crippen molar-refractivity contribution in [3.05, 3.63) is 65.2 Å². The summed E-state index contributed by atoms with van der Waals surface area (Å²) in [6.07, 6.45) is 0. The Kier molecular flexibility index (Phi) is 5.65. The van der Waals surface area contributed by atoms with Crippen LogP contribution in [0.15, 0.2) is 42.5 Å². The number of carbonyl (C=O) groups excluding carboxylic acids is 1. The summed E-state index contributed by atoms with van der Waals surface area (Å²) in [5, 5.41) is 8.83. The predicted octanol–water partition coefficient (Wildman–Crippen LogP) is 2.61. The molecule has 0 aliphatic rings. The first-order valence-electron chi connectivity index (χ1n) is 7.04. The van der Waals surface area contributed by atoms with Crippen molar-refractivity contribution in [1.29, 1.82) is 0 Å². The van der Waals surface area contributed by atoms with E-state index in [4.69, 9.17) is 9.84 Å². The molecule has 2 rings (SSSR count). The number of nitrogens with zero attached hydrogens (tertiary/aromatic N) is 1. The maximum absolute atomic E-state index is 13.5. The van der Waals surface area contributed by atoms with E-state index in [1.54, 1.807) is 31.3 Å². The van der Waals surface area contributed by atoms with Crippen molar-refractivity contribution in [1.82, 2.24) is 4.90 Å². The van der Waals surface area contributed by atoms with Crippen LogP contribution in [0.1, 0.15) is 15.9 Å². The van der Waals surface area contributed by atoms with E-state index in [0.29, 0.717) is 11.3 Å². The van der Waals surface area contributed by atoms with Gasteiger partial charge in [-0.05, 0) is 36.4 Å². The van der Waals surface area contributed by atoms with Crippen LogP contribution in [0, 0.1) is 11.6 Å². The lowest BCUT2D eigenvalue weighted by Crippen LogP contribution is -2.29. The average molecular weight is 321 g/mol. The lowest BCUT2D eigenvalue weighted by molar-refractivity contribution is 0.0767. The number of ether oxygens (including phenoxy) is 1. The van der Waals surface area contributed by atoms with Gasteiger partial charge in [-0.3, -0.25) is 4.79 Å². The van der Waals surface area contributed by atoms with Gasteiger partial charge in [0.2, 0.25) is 0 Å². The highest BCUT2D eigenvalue weighted by molar-refractivity contribution is 5.94. The second kappa shape index (κ2) is 7.69. The van der Waals surface area contributed by atoms with Gasteiger partial charge >= 0.3 is 0 Å². The molecule has 2 aromatic carbocycles. The third kappa shape index (κ3) is 4.50. The first-order chi connectivity index (χ1) is 11.0. The fraction of sp³-hybridized carbons (Fsp3) is 0.235. The summed E-state index contributed by atoms with van der Waals surface area (Å²) in [7, 11) is 1.60. The molecular formula is C17H17F2NO3. The van der Waals surface area contributed by atoms with Crippen LogP contribution in [0.5, 0.6) is 5.75 Å². The largest absolute Gasteiger partial charge is 0.489 e. The van der Waals surface area contributed by atoms with Gasteiger partial charge < -0.3 is 14.7 Å². The minimum absolute atomic E-state index is 0.0379. The Morgan fingerprint density at radius 3 is 2.48 bits per heavy atom. The summed E-state index contributed by atoms with van der Waals surface area (Å²) in [6, 6.07) is 9.67. The Morgan fingerprint density at radius 2 is 1.87 bits per heavy atom. The molecule has 0 saturated carbocycles. The van der Waals surface area contributed by atoms with Crippen LogP contribution >= 0.6 is 0 Å². The molecule has 0 unspecified atom stereocenters. The zero-order valence-electron chi connectivity index (χ0n) is 12.6. The summed E-state index contributed by atoms with van der Waals surface area (Å²) in [6.45, 7) is 0.109. The smallest absolute Gasteiger partial charge is 0.253 e. The number of aliphatic hydroxyl groups excluding tert-OH is 1. The second-order valence-corrected chi connectivity index (χ2v) is 5.00. The third-order valence-corrected chi connectivity index (χ3v) is 3.29. The van der Waals surface area contributed by atoms with Crippen molar-refractivity contribution in [3.63, 3.8) is 0 Å². The Bertz CT molecular complexity index is 674. The standard InChI is InChI=1S/C17H17F2NO3/c1-20(8-9-21)17(22)12-3-6-15(7-4-12)23-11-13-2-5-14(18)10-16(13)19/h2-7,10,21H,8-9,11H2,1H3. The van der Waals surface area contributed by atoms with E-state index in [-0.39, 0.29) is 31.2 Å². The lowest BCUT2D eigenvalue weighted by atomic mass is 10.2. The lowest BCUT2D eigenvalue weighted by Gasteiger charge is -2.15. The van der Waals surface area contributed by atoms with Crippen LogP contribution in [0.4, 0.5) is 8.78 Å². The molecule has 0 spiro atoms. The maximum Gasteiger partial charge on any atom is 0.253 e. The number of likely N-dealkylation sites (N-methyl/N-ethyl adjacent to an activating group) is 1. The zero-order valence-corrected chi connectivity index (χ0v) is 12.6. The molecule has 0 fully saturated rings. The third-order valence-electron chi connectivity index (χ3n) is 3.29. The van der Waals surface area contributed by atoms with Crippen LogP contribution in [0.3, 0.4) is 0 Å². The van der Waals surface area contributed by atoms with Crippen molar-refractivity contribution in [2.45, 2.75) is 6.61 Å². The Labute approximate surface area is 132 Å². The molecule has 0 atom stereocenters. The molecule has 0 heterocycles. The highest BCUT2D eigenvalue weighted by Gasteiger charge is 2.11. The SMILES string of the molecule is CN(CCO)C(=O)c1ccc(OCc2ccc(F)cc2F)cc1. The van der Waals surface area contributed by atoms with Crippen molar-refractivity contribution in [2.24, 2.45) is 0 Å². The van der Waals surface area contributed by atoms with Gasteiger partial charge in [-0.25, -0.2) is 8.78 Å². The molecule has 1 amide bonds. The molecule has 2 aromatic rings. The molecule has 122 valence electrons. The first kappa shape index (κ1) is 16.9. The number of rotatable bonds is 6. The number of benzene rings is 2. The summed E-state index contributed by atoms with van der Waals surface area (Å²) >= 11 is 0. The second-order valence-electron chi connectivity index (χ2n) is 5.00. The van der Waals surface area contributed by atoms with E-state index in [2.05, 4.69) is 0 Å². The molecule has 1 N–H and O–H groups in total. The summed E-state index contributed by atoms with van der Waals surface area (Å²) < 4.78 is 31.7. The van der Waals surface area contributed by atoms with Gasteiger partial charge in [-0.2, -0.15) is 0 Å². The average Bonchev–Trinajstić information content (AvgIpc) is 2.54. The minimum Gasteiger partial charge on any atom is -0.489 e. The number of aliphatic hydroxyl groups is 1. The highest BCUT2D eigenvalue weighted by Crippen LogP contribution is 2.17. The fourth-order valence-electron chi connectivity index (χ4n) is 1.97. The van der Waals surface area contributed by atoms with Gasteiger partial charge in [0, 0.05) is 30.8 Å². The topological polar surface area (TPSA) is 49.8 Å². The maximum atomic E-state index is 13.5. The van der Waals surface area contributed by atoms with Gasteiger partial charge in [0.25, 0.3) is 5.91 Å². The van der Waals surface area contributed by atoms with Crippen molar-refractivity contribution in [3.8, 4) is 5.75 Å². The van der Waals surface area contributed by atoms with Crippen molar-refractivity contribution >= 4 is 5.91 Å². The molecule has 0 radical (unpaired) electrons. The summed E-state index contributed by atoms with van der Waals surface area (Å²) in [5.74, 6) is -1.05. The molecule has 0 aromatic heterocycles. The Balaban J connectivity index is 1.98. The molecule has 6 heteroatoms. The number of hydrogen-bond acceptors (Lipinski definition) is 3. The van der Waals surface area contributed by atoms with Crippen molar-refractivity contribution in [2.75, 3.05) is 20.2 Å². The minimum atomic E-state index is -0.664. The Hall–Kier alpha value is -2.47. The molecular weight excluding hydrogens is 304 g/mol. The molecule has 0 saturated heterocycles. The van der Waals surface area contributed by atoms with Crippen molar-refractivity contribution < 1.29 is 23.4 Å². The Morgan fingerprint density at radius 1 is 1.17 bits per heavy atom. The van der Waals surface area contributed by atoms with E-state index in [1.165, 1.54) is 17.0 Å². The molecule has 0 aliphatic carbocycles. The van der Waals surface area contributed by atoms with Crippen LogP contribution in [0.25, 0.3) is 0 Å². The van der Waals surface area contributed by atoms with E-state index >= 15 is 0 Å². The predicted molar refractivity (Wildman–Crippen MR) is 81.2 cm³/mol. The van der Waals surface area contributed by atoms with Gasteiger partial charge in [-0.1, -0.05) is 0 Å². The number of halogens is 2. The van der Waals surface area contributed by atoms with E-state index in [1.807, 2.05) is 0 Å². The first-order valence-corrected chi connectivity index (χ1v) is 7.04. The van der Waals surface area contributed by atoms with E-state index < -0.39 is 11.6 Å². The monoisotopic (exact) mass is 321 g/mol. The molecule has 4 nitrogen and oxygen atoms in total. The highest BCUT2D eigenvalue weighted by atomic mass is 19.1. The molecule has 0 aliphatic heterocycles. The van der Waals surface area contributed by atoms with E-state index in [9.17, 15) is 13.6 Å². The molecule has 0 bridgehead atoms. The number of carbonyl (C=O) groups is 1. The van der Waals surface area contributed by atoms with Gasteiger partial charge in [0.1, 0.15) is 24.0 Å². The van der Waals surface area contributed by atoms with Crippen LogP contribution in [-0.2, 0) is 6.61 Å². The zero-order chi connectivity index (χ0) is 16.8. The number of amides is 1. The van der Waals surface area contributed by atoms with Gasteiger partial charge in [0.15, 0.2) is 0 Å². The van der Waals surface area contributed by atoms with Crippen LogP contribution in [0.2, 0.25) is 0 Å². The summed E-state index contributed by atoms with van der Waals surface area (Å²) in [4.78, 5) is 13.4. The number of hydrogen-bond donors (Lipinski definition) is 1. The molecule has 23 heavy (non-hydrogen) atoms. The van der Waals surface area contributed by atoms with Gasteiger partial charge in [-0.15, -0.1) is 0 Å². The van der Waals surface area contributed by atoms with Gasteiger partial charge in [0.05, 0.1) is 6.61 Å².